The van der Waals surface area contributed by atoms with E-state index >= 15 is 0 Å². The molecule has 1 aromatic carbocycles. The summed E-state index contributed by atoms with van der Waals surface area (Å²) in [6, 6.07) is 6.59. The summed E-state index contributed by atoms with van der Waals surface area (Å²) in [6.45, 7) is 20.7. The molecule has 1 aromatic rings. The predicted molar refractivity (Wildman–Crippen MR) is 157 cm³/mol. The molecule has 0 N–H and O–H groups in total. The van der Waals surface area contributed by atoms with Crippen LogP contribution in [0.3, 0.4) is 0 Å². The minimum absolute atomic E-state index is 0.202. The molecule has 0 saturated carbocycles. The molecule has 0 radical (unpaired) electrons. The quantitative estimate of drug-likeness (QED) is 0.351. The highest BCUT2D eigenvalue weighted by Crippen LogP contribution is 2.42. The van der Waals surface area contributed by atoms with Gasteiger partial charge in [0.2, 0.25) is 0 Å². The molecule has 0 aromatic heterocycles. The van der Waals surface area contributed by atoms with Crippen LogP contribution in [0.5, 0.6) is 5.75 Å². The van der Waals surface area contributed by atoms with Gasteiger partial charge in [0.1, 0.15) is 18.0 Å². The summed E-state index contributed by atoms with van der Waals surface area (Å²) in [7, 11) is -0.295. The van der Waals surface area contributed by atoms with Crippen molar-refractivity contribution in [3.05, 3.63) is 40.4 Å². The largest absolute Gasteiger partial charge is 0.490 e. The van der Waals surface area contributed by atoms with Gasteiger partial charge in [-0.1, -0.05) is 19.9 Å². The van der Waals surface area contributed by atoms with Crippen LogP contribution in [0.2, 0.25) is 0 Å². The summed E-state index contributed by atoms with van der Waals surface area (Å²) < 4.78 is 24.9. The van der Waals surface area contributed by atoms with Gasteiger partial charge in [0.25, 0.3) is 0 Å². The van der Waals surface area contributed by atoms with Gasteiger partial charge in [-0.25, -0.2) is 4.79 Å². The van der Waals surface area contributed by atoms with Gasteiger partial charge in [-0.05, 0) is 133 Å². The van der Waals surface area contributed by atoms with E-state index < -0.39 is 5.60 Å². The zero-order chi connectivity index (χ0) is 28.6. The maximum absolute atomic E-state index is 12.5. The van der Waals surface area contributed by atoms with Crippen LogP contribution in [0, 0.1) is 5.92 Å². The van der Waals surface area contributed by atoms with Crippen molar-refractivity contribution in [1.29, 1.82) is 0 Å². The number of allylic oxidation sites excluding steroid dienone is 1. The number of hydrogen-bond donors (Lipinski definition) is 0. The molecule has 2 aliphatic heterocycles. The Morgan fingerprint density at radius 1 is 1.08 bits per heavy atom. The van der Waals surface area contributed by atoms with Crippen LogP contribution in [0.25, 0.3) is 0 Å². The van der Waals surface area contributed by atoms with E-state index in [-0.39, 0.29) is 24.4 Å². The number of rotatable bonds is 6. The lowest BCUT2D eigenvalue weighted by molar-refractivity contribution is 0.00578. The second-order valence-corrected chi connectivity index (χ2v) is 13.7. The molecule has 6 nitrogen and oxygen atoms in total. The van der Waals surface area contributed by atoms with Crippen LogP contribution in [-0.2, 0) is 20.5 Å². The molecule has 4 rings (SSSR count). The summed E-state index contributed by atoms with van der Waals surface area (Å²) in [5.41, 5.74) is 4.18. The van der Waals surface area contributed by atoms with Crippen molar-refractivity contribution in [2.24, 2.45) is 5.92 Å². The number of piperidine rings is 1. The third-order valence-corrected chi connectivity index (χ3v) is 9.10. The maximum atomic E-state index is 12.5. The smallest absolute Gasteiger partial charge is 0.489 e. The van der Waals surface area contributed by atoms with Crippen LogP contribution < -0.4 is 4.74 Å². The zero-order valence-electron chi connectivity index (χ0n) is 25.8. The van der Waals surface area contributed by atoms with Crippen LogP contribution in [0.4, 0.5) is 4.79 Å². The molecule has 1 aliphatic carbocycles. The third-order valence-electron chi connectivity index (χ3n) is 9.10. The van der Waals surface area contributed by atoms with Crippen LogP contribution in [0.1, 0.15) is 111 Å². The van der Waals surface area contributed by atoms with Crippen molar-refractivity contribution in [2.75, 3.05) is 19.7 Å². The first kappa shape index (κ1) is 30.0. The molecule has 0 spiro atoms. The summed E-state index contributed by atoms with van der Waals surface area (Å²) in [6.07, 6.45) is 5.99. The lowest BCUT2D eigenvalue weighted by atomic mass is 9.67. The molecule has 1 amide bonds. The van der Waals surface area contributed by atoms with Crippen molar-refractivity contribution >= 4 is 13.2 Å². The molecule has 7 heteroatoms. The van der Waals surface area contributed by atoms with Crippen molar-refractivity contribution in [3.8, 4) is 5.75 Å². The Hall–Kier alpha value is -1.99. The van der Waals surface area contributed by atoms with Crippen molar-refractivity contribution in [1.82, 2.24) is 4.90 Å². The average molecular weight is 540 g/mol. The minimum Gasteiger partial charge on any atom is -0.489 e. The van der Waals surface area contributed by atoms with Crippen LogP contribution in [0.15, 0.2) is 29.2 Å². The number of amides is 1. The highest BCUT2D eigenvalue weighted by molar-refractivity contribution is 6.54. The van der Waals surface area contributed by atoms with E-state index in [0.29, 0.717) is 18.4 Å². The molecule has 2 saturated heterocycles. The van der Waals surface area contributed by atoms with Gasteiger partial charge in [-0.15, -0.1) is 0 Å². The summed E-state index contributed by atoms with van der Waals surface area (Å²) in [5, 5.41) is 0. The van der Waals surface area contributed by atoms with Gasteiger partial charge >= 0.3 is 13.2 Å². The Kier molecular flexibility index (Phi) is 8.83. The first-order chi connectivity index (χ1) is 18.2. The van der Waals surface area contributed by atoms with Crippen LogP contribution >= 0.6 is 0 Å². The van der Waals surface area contributed by atoms with Gasteiger partial charge < -0.3 is 23.7 Å². The highest BCUT2D eigenvalue weighted by Gasteiger charge is 2.53. The predicted octanol–water partition coefficient (Wildman–Crippen LogP) is 7.49. The van der Waals surface area contributed by atoms with Gasteiger partial charge in [-0.2, -0.15) is 0 Å². The monoisotopic (exact) mass is 539 g/mol. The van der Waals surface area contributed by atoms with Crippen molar-refractivity contribution < 1.29 is 23.6 Å². The fourth-order valence-corrected chi connectivity index (χ4v) is 5.98. The van der Waals surface area contributed by atoms with E-state index in [1.54, 1.807) is 0 Å². The Morgan fingerprint density at radius 2 is 1.72 bits per heavy atom. The zero-order valence-corrected chi connectivity index (χ0v) is 25.8. The highest BCUT2D eigenvalue weighted by atomic mass is 16.7. The first-order valence-corrected chi connectivity index (χ1v) is 15.0. The van der Waals surface area contributed by atoms with Crippen LogP contribution in [-0.4, -0.2) is 54.6 Å². The topological polar surface area (TPSA) is 57.2 Å². The average Bonchev–Trinajstić information content (AvgIpc) is 3.08. The van der Waals surface area contributed by atoms with E-state index in [2.05, 4.69) is 59.7 Å². The fraction of sp³-hybridized carbons (Fsp3) is 0.719. The summed E-state index contributed by atoms with van der Waals surface area (Å²) in [4.78, 5) is 14.3. The lowest BCUT2D eigenvalue weighted by Crippen LogP contribution is -2.41. The van der Waals surface area contributed by atoms with E-state index in [4.69, 9.17) is 18.8 Å². The van der Waals surface area contributed by atoms with Gasteiger partial charge in [-0.3, -0.25) is 0 Å². The molecule has 3 aliphatic rings. The fourth-order valence-electron chi connectivity index (χ4n) is 5.98. The standard InChI is InChI=1S/C32H50BNO5/c1-10-23-20-25(14-15-26(23)24-16-18-34(19-17-24)29(35)37-30(3,4)5)36-21-27-22(2)12-11-13-28(27)33-38-31(6,7)32(8,9)39-33/h14-15,20,22,24H,10-13,16-19,21H2,1-9H3. The number of carbonyl (C=O) groups is 1. The molecule has 2 fully saturated rings. The second-order valence-electron chi connectivity index (χ2n) is 13.7. The SMILES string of the molecule is CCc1cc(OCC2=C(B3OC(C)(C)C(C)(C)O3)CCCC2C)ccc1C1CCN(C(=O)OC(C)(C)C)CC1. The molecule has 39 heavy (non-hydrogen) atoms. The van der Waals surface area contributed by atoms with Crippen molar-refractivity contribution in [2.45, 2.75) is 124 Å². The Balaban J connectivity index is 1.43. The Labute approximate surface area is 236 Å². The lowest BCUT2D eigenvalue weighted by Gasteiger charge is -2.34. The summed E-state index contributed by atoms with van der Waals surface area (Å²) >= 11 is 0. The normalized spacial score (nSPS) is 23.8. The number of nitrogens with zero attached hydrogens (tertiary/aromatic N) is 1. The number of aryl methyl sites for hydroxylation is 1. The van der Waals surface area contributed by atoms with E-state index in [1.165, 1.54) is 28.6 Å². The number of likely N-dealkylation sites (tertiary alicyclic amines) is 1. The maximum Gasteiger partial charge on any atom is 0.490 e. The number of ether oxygens (including phenoxy) is 2. The Bertz CT molecular complexity index is 1050. The van der Waals surface area contributed by atoms with Gasteiger partial charge in [0, 0.05) is 13.1 Å². The molecule has 1 atom stereocenters. The van der Waals surface area contributed by atoms with E-state index in [9.17, 15) is 4.79 Å². The van der Waals surface area contributed by atoms with Crippen molar-refractivity contribution in [3.63, 3.8) is 0 Å². The number of carbonyl (C=O) groups excluding carboxylic acids is 1. The third kappa shape index (κ3) is 6.85. The molecule has 216 valence electrons. The Morgan fingerprint density at radius 3 is 2.31 bits per heavy atom. The van der Waals surface area contributed by atoms with E-state index in [1.807, 2.05) is 25.7 Å². The number of benzene rings is 1. The van der Waals surface area contributed by atoms with Gasteiger partial charge in [0.15, 0.2) is 0 Å². The molecule has 0 bridgehead atoms. The molecular weight excluding hydrogens is 489 g/mol. The molecule has 1 unspecified atom stereocenters. The molecule has 2 heterocycles. The second kappa shape index (κ2) is 11.5. The molecular formula is C32H50BNO5. The summed E-state index contributed by atoms with van der Waals surface area (Å²) in [5.74, 6) is 1.82. The van der Waals surface area contributed by atoms with E-state index in [0.717, 1.165) is 50.9 Å². The van der Waals surface area contributed by atoms with Gasteiger partial charge in [0.05, 0.1) is 11.2 Å². The first-order valence-electron chi connectivity index (χ1n) is 15.0. The number of hydrogen-bond acceptors (Lipinski definition) is 5. The minimum atomic E-state index is -0.463.